The van der Waals surface area contributed by atoms with Gasteiger partial charge in [0.1, 0.15) is 4.83 Å². The van der Waals surface area contributed by atoms with E-state index in [-0.39, 0.29) is 19.0 Å². The molecule has 104 valence electrons. The molecule has 0 spiro atoms. The van der Waals surface area contributed by atoms with Crippen LogP contribution in [0.25, 0.3) is 10.2 Å². The fraction of sp³-hybridized carbons (Fsp3) is 0.455. The Hall–Kier alpha value is -1.57. The van der Waals surface area contributed by atoms with Gasteiger partial charge in [0, 0.05) is 13.0 Å². The van der Waals surface area contributed by atoms with Crippen molar-refractivity contribution in [3.05, 3.63) is 21.9 Å². The molecule has 2 aromatic rings. The molecule has 0 amide bonds. The third-order valence-electron chi connectivity index (χ3n) is 2.42. The third kappa shape index (κ3) is 3.95. The molecule has 0 fully saturated rings. The highest BCUT2D eigenvalue weighted by molar-refractivity contribution is 7.16. The zero-order valence-electron chi connectivity index (χ0n) is 9.79. The van der Waals surface area contributed by atoms with Gasteiger partial charge < -0.3 is 9.73 Å². The van der Waals surface area contributed by atoms with Crippen LogP contribution >= 0.6 is 11.3 Å². The van der Waals surface area contributed by atoms with Crippen LogP contribution in [0.4, 0.5) is 19.2 Å². The van der Waals surface area contributed by atoms with Gasteiger partial charge in [0.05, 0.1) is 5.39 Å². The highest BCUT2D eigenvalue weighted by atomic mass is 32.1. The van der Waals surface area contributed by atoms with Gasteiger partial charge in [-0.2, -0.15) is 18.2 Å². The molecule has 0 unspecified atom stereocenters. The summed E-state index contributed by atoms with van der Waals surface area (Å²) in [7, 11) is 0. The molecule has 2 heterocycles. The number of anilines is 1. The third-order valence-corrected chi connectivity index (χ3v) is 3.23. The van der Waals surface area contributed by atoms with E-state index >= 15 is 0 Å². The zero-order chi connectivity index (χ0) is 13.9. The van der Waals surface area contributed by atoms with Gasteiger partial charge in [-0.05, 0) is 24.3 Å². The van der Waals surface area contributed by atoms with Crippen LogP contribution in [-0.4, -0.2) is 17.7 Å². The van der Waals surface area contributed by atoms with Crippen molar-refractivity contribution in [3.8, 4) is 0 Å². The van der Waals surface area contributed by atoms with Crippen molar-refractivity contribution < 1.29 is 17.6 Å². The van der Waals surface area contributed by atoms with Crippen molar-refractivity contribution in [1.29, 1.82) is 0 Å². The summed E-state index contributed by atoms with van der Waals surface area (Å²) in [6, 6.07) is 1.67. The number of rotatable bonds is 5. The average molecular weight is 292 g/mol. The lowest BCUT2D eigenvalue weighted by Crippen LogP contribution is -2.10. The topological polar surface area (TPSA) is 55.1 Å². The minimum absolute atomic E-state index is 0.0297. The van der Waals surface area contributed by atoms with Crippen LogP contribution in [-0.2, 0) is 0 Å². The Morgan fingerprint density at radius 2 is 2.16 bits per heavy atom. The Kier molecular flexibility index (Phi) is 4.08. The molecule has 0 aliphatic heterocycles. The molecule has 0 saturated carbocycles. The molecule has 1 N–H and O–H groups in total. The molecular weight excluding hydrogens is 281 g/mol. The molecule has 2 aromatic heterocycles. The molecule has 0 radical (unpaired) electrons. The molecule has 0 bridgehead atoms. The summed E-state index contributed by atoms with van der Waals surface area (Å²) < 4.78 is 40.6. The first-order valence-corrected chi connectivity index (χ1v) is 6.53. The Bertz CT molecular complexity index is 606. The number of hydrogen-bond acceptors (Lipinski definition) is 5. The quantitative estimate of drug-likeness (QED) is 0.858. The second-order valence-corrected chi connectivity index (χ2v) is 4.84. The number of nitrogens with zero attached hydrogens (tertiary/aromatic N) is 1. The lowest BCUT2D eigenvalue weighted by molar-refractivity contribution is -0.135. The normalized spacial score (nSPS) is 11.9. The van der Waals surface area contributed by atoms with E-state index in [4.69, 9.17) is 4.42 Å². The van der Waals surface area contributed by atoms with E-state index in [0.29, 0.717) is 16.6 Å². The van der Waals surface area contributed by atoms with Crippen LogP contribution in [0.2, 0.25) is 0 Å². The van der Waals surface area contributed by atoms with E-state index in [9.17, 15) is 18.0 Å². The van der Waals surface area contributed by atoms with E-state index in [1.165, 1.54) is 11.3 Å². The monoisotopic (exact) mass is 292 g/mol. The Labute approximate surface area is 110 Å². The molecule has 0 aliphatic rings. The smallest absolute Gasteiger partial charge is 0.389 e. The second-order valence-electron chi connectivity index (χ2n) is 3.94. The van der Waals surface area contributed by atoms with E-state index in [1.807, 2.05) is 0 Å². The lowest BCUT2D eigenvalue weighted by atomic mass is 10.2. The lowest BCUT2D eigenvalue weighted by Gasteiger charge is -2.06. The molecule has 19 heavy (non-hydrogen) atoms. The van der Waals surface area contributed by atoms with Crippen LogP contribution in [0.3, 0.4) is 0 Å². The Morgan fingerprint density at radius 1 is 1.37 bits per heavy atom. The Morgan fingerprint density at radius 3 is 2.89 bits per heavy atom. The standard InChI is InChI=1S/C11H11F3N2O2S/c12-11(13,14)4-1-2-5-15-10-16-8-7(3-6-19-8)9(17)18-10/h3,6H,1-2,4-5H2,(H,15,16). The number of hydrogen-bond donors (Lipinski definition) is 1. The molecule has 0 aliphatic carbocycles. The van der Waals surface area contributed by atoms with Crippen molar-refractivity contribution in [2.75, 3.05) is 11.9 Å². The van der Waals surface area contributed by atoms with Crippen molar-refractivity contribution in [3.63, 3.8) is 0 Å². The van der Waals surface area contributed by atoms with E-state index in [1.54, 1.807) is 11.4 Å². The van der Waals surface area contributed by atoms with Crippen molar-refractivity contribution in [2.24, 2.45) is 0 Å². The molecular formula is C11H11F3N2O2S. The number of thiophene rings is 1. The number of alkyl halides is 3. The number of aromatic nitrogens is 1. The van der Waals surface area contributed by atoms with Crippen molar-refractivity contribution >= 4 is 27.6 Å². The van der Waals surface area contributed by atoms with Gasteiger partial charge in [-0.1, -0.05) is 0 Å². The number of halogens is 3. The number of fused-ring (bicyclic) bond motifs is 1. The van der Waals surface area contributed by atoms with Crippen LogP contribution in [0.15, 0.2) is 20.7 Å². The van der Waals surface area contributed by atoms with Gasteiger partial charge in [-0.3, -0.25) is 0 Å². The summed E-state index contributed by atoms with van der Waals surface area (Å²) in [5.41, 5.74) is -0.496. The largest absolute Gasteiger partial charge is 0.389 e. The summed E-state index contributed by atoms with van der Waals surface area (Å²) in [5, 5.41) is 4.85. The van der Waals surface area contributed by atoms with Crippen LogP contribution in [0, 0.1) is 0 Å². The van der Waals surface area contributed by atoms with Gasteiger partial charge in [-0.25, -0.2) is 4.79 Å². The van der Waals surface area contributed by atoms with Crippen LogP contribution in [0.5, 0.6) is 0 Å². The first-order chi connectivity index (χ1) is 8.96. The predicted molar refractivity (Wildman–Crippen MR) is 66.6 cm³/mol. The van der Waals surface area contributed by atoms with E-state index < -0.39 is 18.2 Å². The first kappa shape index (κ1) is 13.9. The fourth-order valence-corrected chi connectivity index (χ4v) is 2.27. The number of unbranched alkanes of at least 4 members (excludes halogenated alkanes) is 1. The zero-order valence-corrected chi connectivity index (χ0v) is 10.6. The summed E-state index contributed by atoms with van der Waals surface area (Å²) in [6.07, 6.45) is -4.58. The minimum atomic E-state index is -4.12. The summed E-state index contributed by atoms with van der Waals surface area (Å²) in [6.45, 7) is 0.281. The van der Waals surface area contributed by atoms with E-state index in [2.05, 4.69) is 10.3 Å². The molecule has 4 nitrogen and oxygen atoms in total. The maximum absolute atomic E-state index is 11.9. The minimum Gasteiger partial charge on any atom is -0.389 e. The van der Waals surface area contributed by atoms with Gasteiger partial charge >= 0.3 is 11.8 Å². The van der Waals surface area contributed by atoms with Gasteiger partial charge in [-0.15, -0.1) is 11.3 Å². The molecule has 2 rings (SSSR count). The molecule has 0 atom stereocenters. The summed E-state index contributed by atoms with van der Waals surface area (Å²) in [5.74, 6) is 0. The SMILES string of the molecule is O=c1oc(NCCCCC(F)(F)F)nc2sccc12. The van der Waals surface area contributed by atoms with Crippen molar-refractivity contribution in [2.45, 2.75) is 25.4 Å². The highest BCUT2D eigenvalue weighted by Crippen LogP contribution is 2.22. The highest BCUT2D eigenvalue weighted by Gasteiger charge is 2.25. The van der Waals surface area contributed by atoms with Crippen LogP contribution < -0.4 is 10.9 Å². The molecule has 8 heteroatoms. The van der Waals surface area contributed by atoms with Crippen LogP contribution in [0.1, 0.15) is 19.3 Å². The van der Waals surface area contributed by atoms with Gasteiger partial charge in [0.25, 0.3) is 6.01 Å². The summed E-state index contributed by atoms with van der Waals surface area (Å²) >= 11 is 1.30. The fourth-order valence-electron chi connectivity index (χ4n) is 1.52. The molecule has 0 aromatic carbocycles. The molecule has 0 saturated heterocycles. The average Bonchev–Trinajstić information content (AvgIpc) is 2.75. The van der Waals surface area contributed by atoms with E-state index in [0.717, 1.165) is 0 Å². The van der Waals surface area contributed by atoms with Gasteiger partial charge in [0.15, 0.2) is 0 Å². The second kappa shape index (κ2) is 5.60. The van der Waals surface area contributed by atoms with Crippen molar-refractivity contribution in [1.82, 2.24) is 4.98 Å². The summed E-state index contributed by atoms with van der Waals surface area (Å²) in [4.78, 5) is 16.1. The van der Waals surface area contributed by atoms with Gasteiger partial charge in [0.2, 0.25) is 0 Å². The number of nitrogens with one attached hydrogen (secondary N) is 1. The maximum Gasteiger partial charge on any atom is 0.389 e. The predicted octanol–water partition coefficient (Wildman–Crippen LogP) is 3.39. The Balaban J connectivity index is 1.86. The first-order valence-electron chi connectivity index (χ1n) is 5.65. The maximum atomic E-state index is 11.9.